The maximum Gasteiger partial charge on any atom is 0.255 e. The molecule has 0 saturated heterocycles. The van der Waals surface area contributed by atoms with E-state index in [4.69, 9.17) is 5.73 Å². The Bertz CT molecular complexity index is 1410. The van der Waals surface area contributed by atoms with Crippen LogP contribution in [-0.2, 0) is 20.8 Å². The molecule has 0 unspecified atom stereocenters. The van der Waals surface area contributed by atoms with E-state index < -0.39 is 69.7 Å². The number of carbonyl (C=O) groups is 3. The van der Waals surface area contributed by atoms with Gasteiger partial charge in [-0.15, -0.1) is 0 Å². The first kappa shape index (κ1) is 23.0. The van der Waals surface area contributed by atoms with Gasteiger partial charge in [-0.3, -0.25) is 19.3 Å². The number of rotatable bonds is 2. The van der Waals surface area contributed by atoms with Crippen LogP contribution >= 0.6 is 0 Å². The Morgan fingerprint density at radius 1 is 1.14 bits per heavy atom. The predicted molar refractivity (Wildman–Crippen MR) is 123 cm³/mol. The minimum absolute atomic E-state index is 0.00804. The Labute approximate surface area is 199 Å². The molecule has 0 aromatic heterocycles. The number of hydrogen-bond donors (Lipinski definition) is 6. The van der Waals surface area contributed by atoms with Crippen LogP contribution in [0.25, 0.3) is 16.5 Å². The van der Waals surface area contributed by atoms with Crippen molar-refractivity contribution in [3.63, 3.8) is 0 Å². The van der Waals surface area contributed by atoms with Crippen LogP contribution in [0.4, 0.5) is 0 Å². The number of Topliss-reactive ketones (excluding diaryl/α,β-unsaturated/α-hetero) is 2. The molecule has 2 aromatic carbocycles. The Balaban J connectivity index is 1.81. The quantitative estimate of drug-likeness (QED) is 0.325. The molecule has 0 spiro atoms. The first-order valence-electron chi connectivity index (χ1n) is 11.0. The van der Waals surface area contributed by atoms with Crippen LogP contribution in [0.2, 0.25) is 0 Å². The first-order valence-corrected chi connectivity index (χ1v) is 11.0. The van der Waals surface area contributed by atoms with E-state index in [1.54, 1.807) is 30.3 Å². The number of aromatic hydroxyl groups is 1. The molecule has 0 aliphatic heterocycles. The number of phenolic OH excluding ortho intramolecular Hbond substituents is 1. The Hall–Kier alpha value is -3.73. The lowest BCUT2D eigenvalue weighted by Crippen LogP contribution is -2.70. The number of fused-ring (bicyclic) bond motifs is 4. The van der Waals surface area contributed by atoms with E-state index in [0.717, 1.165) is 0 Å². The number of nitrogens with two attached hydrogens (primary N) is 1. The molecule has 35 heavy (non-hydrogen) atoms. The van der Waals surface area contributed by atoms with E-state index in [1.807, 2.05) is 0 Å². The molecular weight excluding hydrogens is 456 g/mol. The van der Waals surface area contributed by atoms with Crippen LogP contribution in [0.5, 0.6) is 5.75 Å². The number of aliphatic hydroxyl groups is 4. The third-order valence-electron chi connectivity index (χ3n) is 7.52. The molecule has 3 aliphatic carbocycles. The van der Waals surface area contributed by atoms with Crippen LogP contribution in [0, 0.1) is 11.8 Å². The number of primary amides is 1. The summed E-state index contributed by atoms with van der Waals surface area (Å²) in [5, 5.41) is 57.1. The number of benzene rings is 2. The molecule has 10 heteroatoms. The van der Waals surface area contributed by atoms with Crippen molar-refractivity contribution in [1.82, 2.24) is 4.90 Å². The van der Waals surface area contributed by atoms with Gasteiger partial charge in [0.15, 0.2) is 11.4 Å². The van der Waals surface area contributed by atoms with Crippen molar-refractivity contribution in [1.29, 1.82) is 0 Å². The molecule has 0 radical (unpaired) electrons. The number of carbonyl (C=O) groups excluding carboxylic acids is 3. The van der Waals surface area contributed by atoms with Gasteiger partial charge >= 0.3 is 0 Å². The monoisotopic (exact) mass is 480 g/mol. The van der Waals surface area contributed by atoms with Gasteiger partial charge in [0.2, 0.25) is 5.78 Å². The molecule has 0 heterocycles. The first-order chi connectivity index (χ1) is 16.4. The van der Waals surface area contributed by atoms with Gasteiger partial charge in [-0.05, 0) is 31.5 Å². The number of hydrogen-bond acceptors (Lipinski definition) is 9. The van der Waals surface area contributed by atoms with Gasteiger partial charge in [0, 0.05) is 16.9 Å². The second-order valence-corrected chi connectivity index (χ2v) is 9.53. The molecular formula is C25H24N2O8. The Kier molecular flexibility index (Phi) is 4.86. The highest BCUT2D eigenvalue weighted by atomic mass is 16.4. The normalized spacial score (nSPS) is 30.4. The summed E-state index contributed by atoms with van der Waals surface area (Å²) in [6.45, 7) is 0. The average Bonchev–Trinajstić information content (AvgIpc) is 2.79. The van der Waals surface area contributed by atoms with E-state index in [2.05, 4.69) is 0 Å². The summed E-state index contributed by atoms with van der Waals surface area (Å²) >= 11 is 0. The summed E-state index contributed by atoms with van der Waals surface area (Å²) < 4.78 is 0. The molecule has 1 amide bonds. The summed E-state index contributed by atoms with van der Waals surface area (Å²) in [5.41, 5.74) is 1.48. The number of phenols is 1. The van der Waals surface area contributed by atoms with Crippen LogP contribution in [0.15, 0.2) is 47.2 Å². The van der Waals surface area contributed by atoms with Gasteiger partial charge < -0.3 is 31.3 Å². The molecule has 1 fully saturated rings. The minimum atomic E-state index is -2.91. The topological polar surface area (TPSA) is 182 Å². The zero-order valence-electron chi connectivity index (χ0n) is 18.9. The van der Waals surface area contributed by atoms with Crippen LogP contribution in [-0.4, -0.2) is 79.7 Å². The molecule has 10 nitrogen and oxygen atoms in total. The molecule has 5 atom stereocenters. The third-order valence-corrected chi connectivity index (χ3v) is 7.52. The largest absolute Gasteiger partial charge is 0.508 e. The lowest BCUT2D eigenvalue weighted by atomic mass is 9.56. The van der Waals surface area contributed by atoms with Gasteiger partial charge in [0.25, 0.3) is 5.91 Å². The summed E-state index contributed by atoms with van der Waals surface area (Å²) in [5.74, 6) is -8.25. The Morgan fingerprint density at radius 3 is 2.43 bits per heavy atom. The fraction of sp³-hybridized carbons (Fsp3) is 0.320. The standard InChI is InChI=1S/C25H24N2O8/c1-27(2)17-16-19(29)12-8-10-7-9-5-3-4-6-11(9)18(28)13(10)20(30)14(12)22(32)25(16,35)23(33)15(21(17)31)24(26)34/h3-7,12,16-17,19,28-30,33,35H,8H2,1-2H3,(H2,26,34)/t12-,16-,17+,19+,25+/m1/s1. The highest BCUT2D eigenvalue weighted by molar-refractivity contribution is 6.24. The SMILES string of the molecule is CN(C)[C@@H]1C(=O)C(C(N)=O)=C(O)[C@@]2(O)C(=O)C3=C(O)c4c(cc5ccccc5c4O)C[C@H]3[C@H](O)[C@@H]12. The average molecular weight is 480 g/mol. The second-order valence-electron chi connectivity index (χ2n) is 9.53. The summed E-state index contributed by atoms with van der Waals surface area (Å²) in [7, 11) is 2.93. The number of nitrogens with zero attached hydrogens (tertiary/aromatic N) is 1. The van der Waals surface area contributed by atoms with Gasteiger partial charge in [-0.2, -0.15) is 0 Å². The van der Waals surface area contributed by atoms with Crippen molar-refractivity contribution < 1.29 is 39.9 Å². The Morgan fingerprint density at radius 2 is 1.80 bits per heavy atom. The third kappa shape index (κ3) is 2.78. The van der Waals surface area contributed by atoms with E-state index in [0.29, 0.717) is 16.3 Å². The fourth-order valence-corrected chi connectivity index (χ4v) is 5.97. The highest BCUT2D eigenvalue weighted by Gasteiger charge is 2.67. The van der Waals surface area contributed by atoms with Crippen molar-refractivity contribution in [3.8, 4) is 5.75 Å². The second kappa shape index (κ2) is 7.38. The number of ketones is 2. The lowest BCUT2D eigenvalue weighted by molar-refractivity contribution is -0.168. The fourth-order valence-electron chi connectivity index (χ4n) is 5.97. The van der Waals surface area contributed by atoms with Crippen molar-refractivity contribution in [2.24, 2.45) is 17.6 Å². The lowest BCUT2D eigenvalue weighted by Gasteiger charge is -2.52. The van der Waals surface area contributed by atoms with Crippen molar-refractivity contribution in [3.05, 3.63) is 58.4 Å². The smallest absolute Gasteiger partial charge is 0.255 e. The van der Waals surface area contributed by atoms with E-state index >= 15 is 0 Å². The van der Waals surface area contributed by atoms with Crippen LogP contribution in [0.1, 0.15) is 11.1 Å². The summed E-state index contributed by atoms with van der Waals surface area (Å²) in [6, 6.07) is 7.24. The molecule has 182 valence electrons. The maximum atomic E-state index is 13.8. The van der Waals surface area contributed by atoms with E-state index in [1.165, 1.54) is 19.0 Å². The van der Waals surface area contributed by atoms with Gasteiger partial charge in [-0.25, -0.2) is 0 Å². The number of aliphatic hydroxyl groups excluding tert-OH is 3. The molecule has 0 bridgehead atoms. The minimum Gasteiger partial charge on any atom is -0.508 e. The molecule has 5 rings (SSSR count). The zero-order valence-corrected chi connectivity index (χ0v) is 18.9. The molecule has 1 saturated carbocycles. The molecule has 2 aromatic rings. The maximum absolute atomic E-state index is 13.8. The van der Waals surface area contributed by atoms with E-state index in [9.17, 15) is 39.9 Å². The molecule has 7 N–H and O–H groups in total. The predicted octanol–water partition coefficient (Wildman–Crippen LogP) is 0.0880. The molecule has 3 aliphatic rings. The van der Waals surface area contributed by atoms with Crippen molar-refractivity contribution >= 4 is 34.0 Å². The van der Waals surface area contributed by atoms with E-state index in [-0.39, 0.29) is 17.7 Å². The number of amides is 1. The van der Waals surface area contributed by atoms with Gasteiger partial charge in [-0.1, -0.05) is 30.3 Å². The van der Waals surface area contributed by atoms with Crippen LogP contribution < -0.4 is 5.73 Å². The zero-order chi connectivity index (χ0) is 25.6. The highest BCUT2D eigenvalue weighted by Crippen LogP contribution is 2.53. The van der Waals surface area contributed by atoms with Crippen molar-refractivity contribution in [2.45, 2.75) is 24.2 Å². The van der Waals surface area contributed by atoms with Crippen LogP contribution in [0.3, 0.4) is 0 Å². The van der Waals surface area contributed by atoms with Gasteiger partial charge in [0.05, 0.1) is 23.6 Å². The van der Waals surface area contributed by atoms with Crippen molar-refractivity contribution in [2.75, 3.05) is 14.1 Å². The van der Waals surface area contributed by atoms with Gasteiger partial charge in [0.1, 0.15) is 22.8 Å². The summed E-state index contributed by atoms with van der Waals surface area (Å²) in [4.78, 5) is 40.2. The number of likely N-dealkylation sites (N-methyl/N-ethyl adjacent to an activating group) is 1. The summed E-state index contributed by atoms with van der Waals surface area (Å²) in [6.07, 6.45) is -1.58.